The van der Waals surface area contributed by atoms with Crippen LogP contribution in [-0.4, -0.2) is 36.4 Å². The number of fused-ring (bicyclic) bond motifs is 1. The van der Waals surface area contributed by atoms with Crippen LogP contribution in [-0.2, 0) is 9.53 Å². The van der Waals surface area contributed by atoms with Crippen molar-refractivity contribution in [1.82, 2.24) is 0 Å². The normalized spacial score (nSPS) is 17.0. The van der Waals surface area contributed by atoms with Crippen LogP contribution in [0.15, 0.2) is 6.07 Å². The van der Waals surface area contributed by atoms with Gasteiger partial charge in [0.2, 0.25) is 11.9 Å². The van der Waals surface area contributed by atoms with Crippen LogP contribution in [0.25, 0.3) is 0 Å². The Labute approximate surface area is 102 Å². The van der Waals surface area contributed by atoms with E-state index in [1.54, 1.807) is 0 Å². The molecule has 0 aliphatic carbocycles. The van der Waals surface area contributed by atoms with E-state index in [0.717, 1.165) is 0 Å². The van der Waals surface area contributed by atoms with Crippen molar-refractivity contribution in [3.63, 3.8) is 0 Å². The summed E-state index contributed by atoms with van der Waals surface area (Å²) in [7, 11) is 2.55. The number of benzene rings is 1. The van der Waals surface area contributed by atoms with Crippen LogP contribution in [0, 0.1) is 0 Å². The van der Waals surface area contributed by atoms with E-state index >= 15 is 0 Å². The van der Waals surface area contributed by atoms with Crippen molar-refractivity contribution in [1.29, 1.82) is 0 Å². The number of aliphatic carboxylic acids is 1. The Balaban J connectivity index is 2.73. The molecule has 1 atom stereocenters. The first-order valence-electron chi connectivity index (χ1n) is 4.92. The molecule has 1 unspecified atom stereocenters. The number of esters is 1. The number of ether oxygens (including phenoxy) is 3. The number of phenols is 1. The largest absolute Gasteiger partial charge is 0.502 e. The average molecular weight is 254 g/mol. The zero-order valence-corrected chi connectivity index (χ0v) is 9.59. The predicted molar refractivity (Wildman–Crippen MR) is 57.0 cm³/mol. The molecule has 1 aromatic rings. The Hall–Kier alpha value is -2.44. The number of hydrogen-bond acceptors (Lipinski definition) is 6. The minimum atomic E-state index is -1.49. The summed E-state index contributed by atoms with van der Waals surface area (Å²) in [6, 6.07) is 1.22. The number of hydrogen-bond donors (Lipinski definition) is 2. The third kappa shape index (κ3) is 1.52. The predicted octanol–water partition coefficient (Wildman–Crippen LogP) is 0.705. The van der Waals surface area contributed by atoms with Crippen molar-refractivity contribution in [2.24, 2.45) is 0 Å². The van der Waals surface area contributed by atoms with Crippen molar-refractivity contribution in [3.8, 4) is 17.2 Å². The second-order valence-electron chi connectivity index (χ2n) is 3.55. The average Bonchev–Trinajstić information content (AvgIpc) is 2.66. The lowest BCUT2D eigenvalue weighted by molar-refractivity contribution is -0.146. The van der Waals surface area contributed by atoms with E-state index in [-0.39, 0.29) is 28.4 Å². The number of carbonyl (C=O) groups is 2. The van der Waals surface area contributed by atoms with E-state index in [9.17, 15) is 14.7 Å². The Morgan fingerprint density at radius 3 is 2.56 bits per heavy atom. The van der Waals surface area contributed by atoms with E-state index in [0.29, 0.717) is 0 Å². The molecule has 2 rings (SSSR count). The molecular formula is C11H10O7. The number of rotatable bonds is 3. The number of cyclic esters (lactones) is 1. The van der Waals surface area contributed by atoms with Crippen LogP contribution < -0.4 is 9.47 Å². The third-order valence-corrected chi connectivity index (χ3v) is 2.61. The van der Waals surface area contributed by atoms with Gasteiger partial charge in [-0.1, -0.05) is 0 Å². The van der Waals surface area contributed by atoms with Crippen LogP contribution in [0.3, 0.4) is 0 Å². The molecule has 0 amide bonds. The molecule has 96 valence electrons. The van der Waals surface area contributed by atoms with Crippen LogP contribution in [0.5, 0.6) is 17.2 Å². The number of carboxylic acid groups (broad SMARTS) is 1. The van der Waals surface area contributed by atoms with Crippen molar-refractivity contribution in [2.75, 3.05) is 14.2 Å². The summed E-state index contributed by atoms with van der Waals surface area (Å²) in [5, 5.41) is 18.8. The molecular weight excluding hydrogens is 244 g/mol. The number of carbonyl (C=O) groups excluding carboxylic acids is 1. The molecule has 1 aliphatic heterocycles. The molecule has 0 saturated carbocycles. The lowest BCUT2D eigenvalue weighted by Gasteiger charge is -2.13. The smallest absolute Gasteiger partial charge is 0.350 e. The summed E-state index contributed by atoms with van der Waals surface area (Å²) in [5.74, 6) is -2.64. The van der Waals surface area contributed by atoms with E-state index in [2.05, 4.69) is 0 Å². The Bertz CT molecular complexity index is 535. The van der Waals surface area contributed by atoms with E-state index in [4.69, 9.17) is 19.3 Å². The van der Waals surface area contributed by atoms with E-state index in [1.807, 2.05) is 0 Å². The molecule has 1 aromatic carbocycles. The van der Waals surface area contributed by atoms with Crippen molar-refractivity contribution >= 4 is 11.9 Å². The topological polar surface area (TPSA) is 102 Å². The molecule has 7 heteroatoms. The minimum absolute atomic E-state index is 0.00620. The maximum atomic E-state index is 11.5. The first-order valence-corrected chi connectivity index (χ1v) is 4.92. The number of aromatic hydroxyl groups is 1. The lowest BCUT2D eigenvalue weighted by Crippen LogP contribution is -2.11. The maximum Gasteiger partial charge on any atom is 0.350 e. The van der Waals surface area contributed by atoms with Gasteiger partial charge in [-0.3, -0.25) is 0 Å². The summed E-state index contributed by atoms with van der Waals surface area (Å²) in [6.45, 7) is 0. The number of carboxylic acids is 1. The van der Waals surface area contributed by atoms with Crippen molar-refractivity contribution < 1.29 is 34.0 Å². The lowest BCUT2D eigenvalue weighted by atomic mass is 10.0. The fraction of sp³-hybridized carbons (Fsp3) is 0.273. The van der Waals surface area contributed by atoms with E-state index in [1.165, 1.54) is 20.3 Å². The molecule has 18 heavy (non-hydrogen) atoms. The fourth-order valence-electron chi connectivity index (χ4n) is 1.83. The van der Waals surface area contributed by atoms with Crippen molar-refractivity contribution in [3.05, 3.63) is 17.2 Å². The summed E-state index contributed by atoms with van der Waals surface area (Å²) in [4.78, 5) is 22.5. The van der Waals surface area contributed by atoms with Gasteiger partial charge in [-0.15, -0.1) is 0 Å². The second kappa shape index (κ2) is 4.10. The molecule has 0 fully saturated rings. The quantitative estimate of drug-likeness (QED) is 0.765. The maximum absolute atomic E-state index is 11.5. The van der Waals surface area contributed by atoms with Gasteiger partial charge in [0.15, 0.2) is 11.5 Å². The van der Waals surface area contributed by atoms with Crippen molar-refractivity contribution in [2.45, 2.75) is 6.10 Å². The zero-order chi connectivity index (χ0) is 13.4. The van der Waals surface area contributed by atoms with Crippen LogP contribution in [0.2, 0.25) is 0 Å². The Morgan fingerprint density at radius 2 is 2.06 bits per heavy atom. The number of phenolic OH excluding ortho intramolecular Hbond substituents is 1. The summed E-state index contributed by atoms with van der Waals surface area (Å²) < 4.78 is 14.5. The first kappa shape index (κ1) is 12.0. The highest BCUT2D eigenvalue weighted by Crippen LogP contribution is 2.47. The van der Waals surface area contributed by atoms with Gasteiger partial charge in [-0.05, 0) is 6.07 Å². The minimum Gasteiger partial charge on any atom is -0.502 e. The van der Waals surface area contributed by atoms with Gasteiger partial charge in [0.05, 0.1) is 25.3 Å². The Morgan fingerprint density at radius 1 is 1.39 bits per heavy atom. The SMILES string of the molecule is COc1cc2c(c(OC)c1O)C(C(=O)O)OC2=O. The summed E-state index contributed by atoms with van der Waals surface area (Å²) >= 11 is 0. The standard InChI is InChI=1S/C11H10O7/c1-16-5-3-4-6(8(17-2)7(5)12)9(10(13)14)18-11(4)15/h3,9,12H,1-2H3,(H,13,14). The molecule has 1 heterocycles. The van der Waals surface area contributed by atoms with Crippen LogP contribution >= 0.6 is 0 Å². The molecule has 7 nitrogen and oxygen atoms in total. The van der Waals surface area contributed by atoms with Gasteiger partial charge in [-0.25, -0.2) is 9.59 Å². The molecule has 1 aliphatic rings. The highest BCUT2D eigenvalue weighted by atomic mass is 16.6. The fourth-order valence-corrected chi connectivity index (χ4v) is 1.83. The molecule has 0 aromatic heterocycles. The first-order chi connectivity index (χ1) is 8.51. The summed E-state index contributed by atoms with van der Waals surface area (Å²) in [5.41, 5.74) is 0.00204. The molecule has 2 N–H and O–H groups in total. The number of methoxy groups -OCH3 is 2. The van der Waals surface area contributed by atoms with Gasteiger partial charge in [0, 0.05) is 0 Å². The van der Waals surface area contributed by atoms with Gasteiger partial charge in [0.1, 0.15) is 0 Å². The second-order valence-corrected chi connectivity index (χ2v) is 3.55. The molecule has 0 bridgehead atoms. The zero-order valence-electron chi connectivity index (χ0n) is 9.59. The third-order valence-electron chi connectivity index (χ3n) is 2.61. The highest BCUT2D eigenvalue weighted by molar-refractivity contribution is 6.00. The van der Waals surface area contributed by atoms with Gasteiger partial charge in [-0.2, -0.15) is 0 Å². The molecule has 0 radical (unpaired) electrons. The molecule has 0 saturated heterocycles. The monoisotopic (exact) mass is 254 g/mol. The van der Waals surface area contributed by atoms with Gasteiger partial charge >= 0.3 is 11.9 Å². The van der Waals surface area contributed by atoms with Crippen LogP contribution in [0.4, 0.5) is 0 Å². The highest BCUT2D eigenvalue weighted by Gasteiger charge is 2.41. The van der Waals surface area contributed by atoms with Crippen LogP contribution in [0.1, 0.15) is 22.0 Å². The van der Waals surface area contributed by atoms with Gasteiger partial charge in [0.25, 0.3) is 0 Å². The Kier molecular flexibility index (Phi) is 2.74. The molecule has 0 spiro atoms. The van der Waals surface area contributed by atoms with E-state index < -0.39 is 18.0 Å². The summed E-state index contributed by atoms with van der Waals surface area (Å²) in [6.07, 6.45) is -1.49. The van der Waals surface area contributed by atoms with Gasteiger partial charge < -0.3 is 24.4 Å².